The number of ether oxygens (including phenoxy) is 3. The first-order valence-corrected chi connectivity index (χ1v) is 7.49. The molecule has 0 unspecified atom stereocenters. The molecule has 0 fully saturated rings. The second-order valence-corrected chi connectivity index (χ2v) is 4.88. The van der Waals surface area contributed by atoms with Gasteiger partial charge in [0.2, 0.25) is 0 Å². The molecule has 120 valence electrons. The number of methoxy groups -OCH3 is 1. The molecule has 0 aliphatic heterocycles. The van der Waals surface area contributed by atoms with Crippen LogP contribution in [0.25, 0.3) is 0 Å². The third-order valence-corrected chi connectivity index (χ3v) is 3.04. The van der Waals surface area contributed by atoms with Gasteiger partial charge >= 0.3 is 0 Å². The Hall–Kier alpha value is -1.01. The van der Waals surface area contributed by atoms with Crippen LogP contribution < -0.4 is 14.8 Å². The van der Waals surface area contributed by atoms with Gasteiger partial charge in [-0.3, -0.25) is 0 Å². The Morgan fingerprint density at radius 3 is 2.71 bits per heavy atom. The smallest absolute Gasteiger partial charge is 0.179 e. The Morgan fingerprint density at radius 1 is 1.24 bits per heavy atom. The summed E-state index contributed by atoms with van der Waals surface area (Å²) in [6.07, 6.45) is 1.08. The van der Waals surface area contributed by atoms with Gasteiger partial charge in [0.05, 0.1) is 32.0 Å². The van der Waals surface area contributed by atoms with Gasteiger partial charge in [-0.2, -0.15) is 0 Å². The van der Waals surface area contributed by atoms with Crippen molar-refractivity contribution < 1.29 is 19.3 Å². The second kappa shape index (κ2) is 10.7. The number of aliphatic hydroxyl groups excluding tert-OH is 1. The van der Waals surface area contributed by atoms with Crippen LogP contribution in [0.15, 0.2) is 12.1 Å². The van der Waals surface area contributed by atoms with E-state index in [1.54, 1.807) is 7.11 Å². The van der Waals surface area contributed by atoms with Crippen molar-refractivity contribution in [3.63, 3.8) is 0 Å². The van der Waals surface area contributed by atoms with Gasteiger partial charge in [0.25, 0.3) is 0 Å². The Bertz CT molecular complexity index is 415. The number of benzene rings is 1. The zero-order chi connectivity index (χ0) is 15.5. The molecular formula is C15H24ClNO4. The van der Waals surface area contributed by atoms with E-state index in [-0.39, 0.29) is 6.61 Å². The topological polar surface area (TPSA) is 60.0 Å². The maximum atomic E-state index is 8.62. The van der Waals surface area contributed by atoms with Crippen LogP contribution in [-0.2, 0) is 11.3 Å². The lowest BCUT2D eigenvalue weighted by atomic mass is 10.2. The quantitative estimate of drug-likeness (QED) is 0.613. The number of hydrogen-bond acceptors (Lipinski definition) is 5. The molecule has 0 atom stereocenters. The van der Waals surface area contributed by atoms with Crippen molar-refractivity contribution in [3.8, 4) is 11.5 Å². The Labute approximate surface area is 131 Å². The monoisotopic (exact) mass is 317 g/mol. The molecule has 0 amide bonds. The van der Waals surface area contributed by atoms with E-state index in [9.17, 15) is 0 Å². The minimum absolute atomic E-state index is 0.00351. The second-order valence-electron chi connectivity index (χ2n) is 4.47. The zero-order valence-corrected chi connectivity index (χ0v) is 13.4. The number of aliphatic hydroxyl groups is 1. The summed E-state index contributed by atoms with van der Waals surface area (Å²) in [7, 11) is 1.59. The molecule has 1 aromatic rings. The fraction of sp³-hybridized carbons (Fsp3) is 0.600. The van der Waals surface area contributed by atoms with Crippen LogP contribution in [0.5, 0.6) is 11.5 Å². The van der Waals surface area contributed by atoms with E-state index < -0.39 is 0 Å². The van der Waals surface area contributed by atoms with Gasteiger partial charge in [0, 0.05) is 6.54 Å². The van der Waals surface area contributed by atoms with Gasteiger partial charge in [-0.1, -0.05) is 18.5 Å². The third kappa shape index (κ3) is 6.52. The van der Waals surface area contributed by atoms with Crippen molar-refractivity contribution in [1.29, 1.82) is 0 Å². The zero-order valence-electron chi connectivity index (χ0n) is 12.7. The Kier molecular flexibility index (Phi) is 9.17. The fourth-order valence-corrected chi connectivity index (χ4v) is 2.08. The van der Waals surface area contributed by atoms with Gasteiger partial charge in [-0.25, -0.2) is 0 Å². The molecule has 21 heavy (non-hydrogen) atoms. The molecular weight excluding hydrogens is 294 g/mol. The third-order valence-electron chi connectivity index (χ3n) is 2.75. The predicted molar refractivity (Wildman–Crippen MR) is 83.4 cm³/mol. The summed E-state index contributed by atoms with van der Waals surface area (Å²) >= 11 is 6.25. The lowest BCUT2D eigenvalue weighted by Crippen LogP contribution is -2.14. The Morgan fingerprint density at radius 2 is 2.05 bits per heavy atom. The van der Waals surface area contributed by atoms with E-state index in [4.69, 9.17) is 30.9 Å². The van der Waals surface area contributed by atoms with Crippen molar-refractivity contribution in [3.05, 3.63) is 22.7 Å². The first-order chi connectivity index (χ1) is 10.2. The van der Waals surface area contributed by atoms with E-state index in [1.165, 1.54) is 0 Å². The van der Waals surface area contributed by atoms with Crippen molar-refractivity contribution in [2.45, 2.75) is 19.9 Å². The number of nitrogens with one attached hydrogen (secondary N) is 1. The van der Waals surface area contributed by atoms with Gasteiger partial charge in [0.1, 0.15) is 6.61 Å². The standard InChI is InChI=1S/C15H24ClNO4/c1-3-4-17-11-12-9-13(16)15(14(10-12)19-2)21-8-7-20-6-5-18/h9-10,17-18H,3-8,11H2,1-2H3. The van der Waals surface area contributed by atoms with E-state index in [2.05, 4.69) is 12.2 Å². The molecule has 1 rings (SSSR count). The summed E-state index contributed by atoms with van der Waals surface area (Å²) in [5.41, 5.74) is 1.05. The van der Waals surface area contributed by atoms with E-state index in [0.29, 0.717) is 36.3 Å². The molecule has 0 heterocycles. The van der Waals surface area contributed by atoms with Gasteiger partial charge in [-0.15, -0.1) is 0 Å². The normalized spacial score (nSPS) is 10.7. The molecule has 0 radical (unpaired) electrons. The summed E-state index contributed by atoms with van der Waals surface area (Å²) in [6, 6.07) is 3.79. The van der Waals surface area contributed by atoms with Crippen molar-refractivity contribution in [1.82, 2.24) is 5.32 Å². The summed E-state index contributed by atoms with van der Waals surface area (Å²) < 4.78 is 16.1. The van der Waals surface area contributed by atoms with Crippen molar-refractivity contribution in [2.75, 3.05) is 40.1 Å². The lowest BCUT2D eigenvalue weighted by Gasteiger charge is -2.14. The molecule has 0 aromatic heterocycles. The molecule has 0 aliphatic carbocycles. The van der Waals surface area contributed by atoms with Gasteiger partial charge in [0.15, 0.2) is 11.5 Å². The molecule has 0 spiro atoms. The first-order valence-electron chi connectivity index (χ1n) is 7.11. The van der Waals surface area contributed by atoms with Gasteiger partial charge < -0.3 is 24.6 Å². The molecule has 0 saturated heterocycles. The summed E-state index contributed by atoms with van der Waals surface area (Å²) in [5, 5.41) is 12.5. The van der Waals surface area contributed by atoms with Crippen LogP contribution >= 0.6 is 11.6 Å². The number of hydrogen-bond donors (Lipinski definition) is 2. The SMILES string of the molecule is CCCNCc1cc(Cl)c(OCCOCCO)c(OC)c1. The maximum Gasteiger partial charge on any atom is 0.179 e. The highest BCUT2D eigenvalue weighted by Crippen LogP contribution is 2.36. The van der Waals surface area contributed by atoms with Crippen LogP contribution in [-0.4, -0.2) is 45.2 Å². The number of halogens is 1. The average Bonchev–Trinajstić information content (AvgIpc) is 2.48. The largest absolute Gasteiger partial charge is 0.493 e. The molecule has 1 aromatic carbocycles. The number of rotatable bonds is 11. The maximum absolute atomic E-state index is 8.62. The van der Waals surface area contributed by atoms with Crippen LogP contribution in [0.1, 0.15) is 18.9 Å². The average molecular weight is 318 g/mol. The summed E-state index contributed by atoms with van der Waals surface area (Å²) in [5.74, 6) is 1.13. The fourth-order valence-electron chi connectivity index (χ4n) is 1.79. The van der Waals surface area contributed by atoms with Crippen LogP contribution in [0.4, 0.5) is 0 Å². The molecule has 5 nitrogen and oxygen atoms in total. The van der Waals surface area contributed by atoms with Crippen molar-refractivity contribution >= 4 is 11.6 Å². The minimum atomic E-state index is 0.00351. The molecule has 2 N–H and O–H groups in total. The molecule has 0 bridgehead atoms. The summed E-state index contributed by atoms with van der Waals surface area (Å²) in [4.78, 5) is 0. The highest BCUT2D eigenvalue weighted by molar-refractivity contribution is 6.32. The molecule has 0 aliphatic rings. The first kappa shape index (κ1) is 18.0. The summed E-state index contributed by atoms with van der Waals surface area (Å²) in [6.45, 7) is 4.86. The Balaban J connectivity index is 2.61. The molecule has 6 heteroatoms. The molecule has 0 saturated carbocycles. The van der Waals surface area contributed by atoms with Crippen LogP contribution in [0.2, 0.25) is 5.02 Å². The van der Waals surface area contributed by atoms with E-state index in [1.807, 2.05) is 12.1 Å². The lowest BCUT2D eigenvalue weighted by molar-refractivity contribution is 0.0699. The van der Waals surface area contributed by atoms with Crippen LogP contribution in [0.3, 0.4) is 0 Å². The highest BCUT2D eigenvalue weighted by atomic mass is 35.5. The minimum Gasteiger partial charge on any atom is -0.493 e. The van der Waals surface area contributed by atoms with Gasteiger partial charge in [-0.05, 0) is 30.7 Å². The van der Waals surface area contributed by atoms with Crippen LogP contribution in [0, 0.1) is 0 Å². The predicted octanol–water partition coefficient (Wildman–Crippen LogP) is 2.24. The van der Waals surface area contributed by atoms with E-state index in [0.717, 1.165) is 25.1 Å². The van der Waals surface area contributed by atoms with E-state index >= 15 is 0 Å². The highest BCUT2D eigenvalue weighted by Gasteiger charge is 2.12. The van der Waals surface area contributed by atoms with Crippen molar-refractivity contribution in [2.24, 2.45) is 0 Å².